The lowest BCUT2D eigenvalue weighted by Gasteiger charge is -2.19. The summed E-state index contributed by atoms with van der Waals surface area (Å²) in [5.74, 6) is -1.93. The van der Waals surface area contributed by atoms with E-state index in [0.717, 1.165) is 62.3 Å². The van der Waals surface area contributed by atoms with Crippen LogP contribution in [0.15, 0.2) is 88.7 Å². The molecule has 244 valence electrons. The second-order valence-electron chi connectivity index (χ2n) is 10.9. The minimum absolute atomic E-state index is 0.0176. The number of hydrogen-bond donors (Lipinski definition) is 1. The number of carbonyl (C=O) groups excluding carboxylic acids is 2. The van der Waals surface area contributed by atoms with E-state index < -0.39 is 38.0 Å². The van der Waals surface area contributed by atoms with Crippen LogP contribution in [0, 0.1) is 6.92 Å². The molecule has 1 atom stereocenters. The number of allylic oxidation sites excluding steroid dienone is 4. The number of aliphatic hydroxyl groups is 1. The van der Waals surface area contributed by atoms with E-state index >= 15 is 0 Å². The quantitative estimate of drug-likeness (QED) is 0.210. The number of carbonyl (C=O) groups is 2. The molecule has 1 aliphatic rings. The summed E-state index contributed by atoms with van der Waals surface area (Å²) in [4.78, 5) is 36.3. The summed E-state index contributed by atoms with van der Waals surface area (Å²) < 4.78 is 40.9. The lowest BCUT2D eigenvalue weighted by molar-refractivity contribution is 0.0972. The van der Waals surface area contributed by atoms with Gasteiger partial charge in [0.2, 0.25) is 11.6 Å². The van der Waals surface area contributed by atoms with E-state index in [0.29, 0.717) is 4.90 Å². The Morgan fingerprint density at radius 2 is 1.30 bits per heavy atom. The maximum Gasteiger partial charge on any atom is 0.214 e. The molecule has 10 heteroatoms. The van der Waals surface area contributed by atoms with Crippen LogP contribution in [0.4, 0.5) is 0 Å². The molecule has 0 amide bonds. The molecule has 1 unspecified atom stereocenters. The van der Waals surface area contributed by atoms with E-state index in [1.165, 1.54) is 12.2 Å². The van der Waals surface area contributed by atoms with Gasteiger partial charge in [0.1, 0.15) is 11.4 Å². The lowest BCUT2D eigenvalue weighted by Crippen LogP contribution is -2.26. The van der Waals surface area contributed by atoms with Crippen LogP contribution in [0.5, 0.6) is 0 Å². The summed E-state index contributed by atoms with van der Waals surface area (Å²) in [5.41, 5.74) is 2.71. The first-order chi connectivity index (χ1) is 22.0. The molecule has 1 N–H and O–H groups in total. The first-order valence-electron chi connectivity index (χ1n) is 15.3. The first-order valence-corrected chi connectivity index (χ1v) is 18.2. The highest BCUT2D eigenvalue weighted by Gasteiger charge is 2.34. The number of ketones is 2. The van der Waals surface area contributed by atoms with Gasteiger partial charge in [-0.25, -0.2) is 18.4 Å². The molecule has 0 fully saturated rings. The number of aryl methyl sites for hydroxylation is 3. The highest BCUT2D eigenvalue weighted by atomic mass is 32.2. The number of rotatable bonds is 14. The molecule has 1 heterocycles. The van der Waals surface area contributed by atoms with Crippen LogP contribution in [0.25, 0.3) is 0 Å². The van der Waals surface area contributed by atoms with Crippen molar-refractivity contribution in [1.29, 1.82) is 0 Å². The molecule has 3 aromatic rings. The van der Waals surface area contributed by atoms with Crippen molar-refractivity contribution in [3.8, 4) is 0 Å². The smallest absolute Gasteiger partial charge is 0.214 e. The van der Waals surface area contributed by atoms with Gasteiger partial charge in [0.05, 0.1) is 38.6 Å². The van der Waals surface area contributed by atoms with Gasteiger partial charge < -0.3 is 5.11 Å². The van der Waals surface area contributed by atoms with Crippen LogP contribution in [0.1, 0.15) is 88.6 Å². The largest absolute Gasteiger partial charge is 0.400 e. The Bertz CT molecular complexity index is 1790. The Kier molecular flexibility index (Phi) is 13.2. The highest BCUT2D eigenvalue weighted by Crippen LogP contribution is 2.29. The molecule has 1 aliphatic carbocycles. The number of fused-ring (bicyclic) bond motifs is 1. The first kappa shape index (κ1) is 36.6. The van der Waals surface area contributed by atoms with Gasteiger partial charge in [0, 0.05) is 23.2 Å². The second kappa shape index (κ2) is 16.6. The number of aliphatic hydroxyl groups excluding tert-OH is 1. The van der Waals surface area contributed by atoms with Crippen molar-refractivity contribution in [2.24, 2.45) is 0 Å². The van der Waals surface area contributed by atoms with Crippen LogP contribution in [-0.4, -0.2) is 46.4 Å². The normalized spacial score (nSPS) is 13.5. The molecule has 0 aliphatic heterocycles. The van der Waals surface area contributed by atoms with Crippen molar-refractivity contribution < 1.29 is 27.3 Å². The minimum atomic E-state index is -3.93. The van der Waals surface area contributed by atoms with Gasteiger partial charge >= 0.3 is 0 Å². The van der Waals surface area contributed by atoms with Crippen LogP contribution < -0.4 is 0 Å². The fourth-order valence-corrected chi connectivity index (χ4v) is 7.75. The zero-order valence-electron chi connectivity index (χ0n) is 27.0. The number of aromatic nitrogens is 2. The Morgan fingerprint density at radius 3 is 1.80 bits per heavy atom. The fraction of sp³-hybridized carbons (Fsp3) is 0.333. The zero-order valence-corrected chi connectivity index (χ0v) is 28.6. The zero-order chi connectivity index (χ0) is 34.0. The molecule has 2 aromatic carbocycles. The summed E-state index contributed by atoms with van der Waals surface area (Å²) in [5, 5.41) is 7.00. The van der Waals surface area contributed by atoms with Crippen molar-refractivity contribution in [3.05, 3.63) is 118 Å². The molecule has 8 nitrogen and oxygen atoms in total. The predicted octanol–water partition coefficient (Wildman–Crippen LogP) is 6.41. The SMILES string of the molecule is C=CC1=C(C=C)C(=O)c2nc(CS(=O)(=O)c3ccc(CCCC)cc3)c(CS(=O)c3ccc(CCCC)cc3C)nc2C1=O.CO. The Hall–Kier alpha value is -3.86. The summed E-state index contributed by atoms with van der Waals surface area (Å²) >= 11 is 0. The Labute approximate surface area is 274 Å². The van der Waals surface area contributed by atoms with E-state index in [1.54, 1.807) is 24.3 Å². The van der Waals surface area contributed by atoms with Crippen LogP contribution in [0.3, 0.4) is 0 Å². The third-order valence-corrected chi connectivity index (χ3v) is 10.8. The molecule has 46 heavy (non-hydrogen) atoms. The number of Topliss-reactive ketones (excluding diaryl/α,β-unsaturated/α-hetero) is 2. The van der Waals surface area contributed by atoms with Gasteiger partial charge in [-0.1, -0.05) is 76.3 Å². The van der Waals surface area contributed by atoms with Gasteiger partial charge in [-0.2, -0.15) is 0 Å². The van der Waals surface area contributed by atoms with E-state index in [1.807, 2.05) is 25.1 Å². The van der Waals surface area contributed by atoms with Crippen LogP contribution in [0.2, 0.25) is 0 Å². The lowest BCUT2D eigenvalue weighted by atomic mass is 9.89. The van der Waals surface area contributed by atoms with Gasteiger partial charge in [0.15, 0.2) is 9.84 Å². The maximum atomic E-state index is 13.7. The van der Waals surface area contributed by atoms with Gasteiger partial charge in [-0.3, -0.25) is 13.8 Å². The topological polar surface area (TPSA) is 131 Å². The molecular weight excluding hydrogens is 621 g/mol. The van der Waals surface area contributed by atoms with E-state index in [9.17, 15) is 22.2 Å². The average molecular weight is 663 g/mol. The molecule has 0 saturated heterocycles. The molecule has 1 aromatic heterocycles. The van der Waals surface area contributed by atoms with E-state index in [4.69, 9.17) is 5.11 Å². The molecule has 0 bridgehead atoms. The van der Waals surface area contributed by atoms with Gasteiger partial charge in [-0.15, -0.1) is 0 Å². The standard InChI is InChI=1S/C35H38N2O5S2.CH4O/c1-6-10-12-24-14-17-26(18-15-24)44(41,42)22-30-29(21-43(40)31-19-16-25(13-11-7-2)20-23(31)5)36-32-33(37-30)35(39)28(9-4)27(8-3)34(32)38;1-2/h8-9,14-20H,3-4,6-7,10-13,21-22H2,1-2,5H3;2H,1H3. The summed E-state index contributed by atoms with van der Waals surface area (Å²) in [7, 11) is -4.57. The van der Waals surface area contributed by atoms with Crippen molar-refractivity contribution in [3.63, 3.8) is 0 Å². The molecular formula is C36H42N2O6S2. The average Bonchev–Trinajstić information content (AvgIpc) is 3.05. The Morgan fingerprint density at radius 1 is 0.804 bits per heavy atom. The monoisotopic (exact) mass is 662 g/mol. The van der Waals surface area contributed by atoms with Gasteiger partial charge in [-0.05, 0) is 67.5 Å². The third-order valence-electron chi connectivity index (χ3n) is 7.67. The summed E-state index contributed by atoms with van der Waals surface area (Å²) in [6, 6.07) is 12.5. The molecule has 4 rings (SSSR count). The van der Waals surface area contributed by atoms with E-state index in [-0.39, 0.29) is 44.6 Å². The van der Waals surface area contributed by atoms with Crippen LogP contribution >= 0.6 is 0 Å². The molecule has 0 saturated carbocycles. The number of hydrogen-bond acceptors (Lipinski definition) is 8. The Balaban J connectivity index is 0.00000282. The van der Waals surface area contributed by atoms with E-state index in [2.05, 4.69) is 37.0 Å². The minimum Gasteiger partial charge on any atom is -0.400 e. The van der Waals surface area contributed by atoms with Crippen molar-refractivity contribution in [1.82, 2.24) is 9.97 Å². The molecule has 0 radical (unpaired) electrons. The third kappa shape index (κ3) is 8.29. The number of unbranched alkanes of at least 4 members (excludes halogenated alkanes) is 2. The van der Waals surface area contributed by atoms with Crippen molar-refractivity contribution >= 4 is 32.2 Å². The van der Waals surface area contributed by atoms with Crippen molar-refractivity contribution in [2.45, 2.75) is 80.6 Å². The van der Waals surface area contributed by atoms with Crippen molar-refractivity contribution in [2.75, 3.05) is 7.11 Å². The van der Waals surface area contributed by atoms with Gasteiger partial charge in [0.25, 0.3) is 0 Å². The fourth-order valence-electron chi connectivity index (χ4n) is 5.17. The summed E-state index contributed by atoms with van der Waals surface area (Å²) in [6.07, 6.45) is 8.44. The summed E-state index contributed by atoms with van der Waals surface area (Å²) in [6.45, 7) is 13.4. The predicted molar refractivity (Wildman–Crippen MR) is 182 cm³/mol. The number of sulfone groups is 1. The maximum absolute atomic E-state index is 13.7. The second-order valence-corrected chi connectivity index (χ2v) is 14.3. The number of benzene rings is 2. The molecule has 0 spiro atoms. The number of nitrogens with zero attached hydrogens (tertiary/aromatic N) is 2. The highest BCUT2D eigenvalue weighted by molar-refractivity contribution is 7.90. The van der Waals surface area contributed by atoms with Crippen LogP contribution in [-0.2, 0) is 45.0 Å².